The minimum absolute atomic E-state index is 0.136. The minimum atomic E-state index is 0.136. The molecule has 1 N–H and O–H groups in total. The second-order valence-electron chi connectivity index (χ2n) is 8.52. The van der Waals surface area contributed by atoms with Gasteiger partial charge >= 0.3 is 0 Å². The molecule has 0 radical (unpaired) electrons. The summed E-state index contributed by atoms with van der Waals surface area (Å²) in [5.41, 5.74) is 4.40. The molecular formula is C24H34N4O2. The summed E-state index contributed by atoms with van der Waals surface area (Å²) in [6.07, 6.45) is 7.41. The number of benzene rings is 1. The van der Waals surface area contributed by atoms with E-state index in [1.807, 2.05) is 17.0 Å². The Bertz CT molecular complexity index is 853. The average molecular weight is 411 g/mol. The second kappa shape index (κ2) is 9.65. The zero-order valence-electron chi connectivity index (χ0n) is 18.3. The van der Waals surface area contributed by atoms with Crippen LogP contribution in [0.4, 0.5) is 0 Å². The molecule has 1 amide bonds. The summed E-state index contributed by atoms with van der Waals surface area (Å²) in [5, 5.41) is 8.51. The van der Waals surface area contributed by atoms with Crippen LogP contribution in [-0.4, -0.2) is 46.8 Å². The number of hydrogen-bond donors (Lipinski definition) is 1. The Hall–Kier alpha value is -2.34. The number of amides is 1. The number of carbonyl (C=O) groups excluding carboxylic acids is 1. The Morgan fingerprint density at radius 1 is 1.20 bits per heavy atom. The molecule has 1 aromatic carbocycles. The average Bonchev–Trinajstić information content (AvgIpc) is 3.16. The van der Waals surface area contributed by atoms with Crippen molar-refractivity contribution in [2.45, 2.75) is 71.0 Å². The van der Waals surface area contributed by atoms with Crippen molar-refractivity contribution >= 4 is 5.91 Å². The fourth-order valence-electron chi connectivity index (χ4n) is 4.68. The highest BCUT2D eigenvalue weighted by atomic mass is 16.5. The smallest absolute Gasteiger partial charge is 0.274 e. The number of carbonyl (C=O) groups is 1. The quantitative estimate of drug-likeness (QED) is 0.758. The van der Waals surface area contributed by atoms with Crippen molar-refractivity contribution in [1.29, 1.82) is 0 Å². The van der Waals surface area contributed by atoms with Gasteiger partial charge in [-0.2, -0.15) is 5.10 Å². The first-order valence-corrected chi connectivity index (χ1v) is 11.4. The van der Waals surface area contributed by atoms with Crippen molar-refractivity contribution in [3.05, 3.63) is 46.8 Å². The van der Waals surface area contributed by atoms with Gasteiger partial charge in [0.1, 0.15) is 5.75 Å². The largest absolute Gasteiger partial charge is 0.497 e. The van der Waals surface area contributed by atoms with Crippen LogP contribution in [0.5, 0.6) is 5.75 Å². The van der Waals surface area contributed by atoms with Crippen LogP contribution < -0.4 is 10.1 Å². The van der Waals surface area contributed by atoms with Gasteiger partial charge in [0, 0.05) is 43.5 Å². The molecule has 1 aliphatic carbocycles. The molecule has 6 nitrogen and oxygen atoms in total. The number of aryl methyl sites for hydroxylation is 1. The normalized spacial score (nSPS) is 18.9. The zero-order chi connectivity index (χ0) is 20.9. The summed E-state index contributed by atoms with van der Waals surface area (Å²) >= 11 is 0. The van der Waals surface area contributed by atoms with E-state index in [1.54, 1.807) is 7.11 Å². The van der Waals surface area contributed by atoms with Gasteiger partial charge in [-0.05, 0) is 62.6 Å². The third-order valence-electron chi connectivity index (χ3n) is 6.38. The number of likely N-dealkylation sites (tertiary alicyclic amines) is 1. The standard InChI is InChI=1S/C24H34N4O2/c1-3-13-28-22-12-9-19(25-17-18-7-10-20(30-2)11-8-18)16-21(22)23(26-28)24(29)27-14-5-4-6-15-27/h7-8,10-11,19,25H,3-6,9,12-17H2,1-2H3. The molecular weight excluding hydrogens is 376 g/mol. The van der Waals surface area contributed by atoms with Crippen LogP contribution in [0.25, 0.3) is 0 Å². The number of hydrogen-bond acceptors (Lipinski definition) is 4. The first-order valence-electron chi connectivity index (χ1n) is 11.4. The van der Waals surface area contributed by atoms with Crippen molar-refractivity contribution in [2.24, 2.45) is 0 Å². The predicted molar refractivity (Wildman–Crippen MR) is 118 cm³/mol. The third-order valence-corrected chi connectivity index (χ3v) is 6.38. The highest BCUT2D eigenvalue weighted by Crippen LogP contribution is 2.27. The number of ether oxygens (including phenoxy) is 1. The Morgan fingerprint density at radius 2 is 1.97 bits per heavy atom. The maximum absolute atomic E-state index is 13.3. The van der Waals surface area contributed by atoms with Gasteiger partial charge in [0.15, 0.2) is 5.69 Å². The molecule has 1 atom stereocenters. The number of nitrogens with zero attached hydrogens (tertiary/aromatic N) is 3. The molecule has 0 saturated carbocycles. The zero-order valence-corrected chi connectivity index (χ0v) is 18.3. The van der Waals surface area contributed by atoms with E-state index in [0.717, 1.165) is 70.5 Å². The highest BCUT2D eigenvalue weighted by molar-refractivity contribution is 5.94. The first kappa shape index (κ1) is 20.9. The second-order valence-corrected chi connectivity index (χ2v) is 8.52. The molecule has 1 aliphatic heterocycles. The Labute approximate surface area is 179 Å². The van der Waals surface area contributed by atoms with Crippen molar-refractivity contribution in [3.8, 4) is 5.75 Å². The van der Waals surface area contributed by atoms with Crippen LogP contribution in [0.1, 0.15) is 66.3 Å². The van der Waals surface area contributed by atoms with Crippen LogP contribution in [0.3, 0.4) is 0 Å². The molecule has 1 fully saturated rings. The molecule has 6 heteroatoms. The topological polar surface area (TPSA) is 59.4 Å². The van der Waals surface area contributed by atoms with E-state index >= 15 is 0 Å². The summed E-state index contributed by atoms with van der Waals surface area (Å²) < 4.78 is 7.35. The van der Waals surface area contributed by atoms with E-state index in [9.17, 15) is 4.79 Å². The van der Waals surface area contributed by atoms with Gasteiger partial charge in [-0.25, -0.2) is 0 Å². The molecule has 2 heterocycles. The van der Waals surface area contributed by atoms with Gasteiger partial charge in [0.2, 0.25) is 0 Å². The van der Waals surface area contributed by atoms with Crippen LogP contribution in [0.15, 0.2) is 24.3 Å². The highest BCUT2D eigenvalue weighted by Gasteiger charge is 2.31. The summed E-state index contributed by atoms with van der Waals surface area (Å²) in [4.78, 5) is 15.3. The predicted octanol–water partition coefficient (Wildman–Crippen LogP) is 3.57. The van der Waals surface area contributed by atoms with Gasteiger partial charge in [-0.1, -0.05) is 19.1 Å². The lowest BCUT2D eigenvalue weighted by Crippen LogP contribution is -2.38. The van der Waals surface area contributed by atoms with E-state index in [1.165, 1.54) is 23.2 Å². The van der Waals surface area contributed by atoms with Crippen LogP contribution >= 0.6 is 0 Å². The molecule has 2 aliphatic rings. The van der Waals surface area contributed by atoms with Gasteiger partial charge in [0.25, 0.3) is 5.91 Å². The van der Waals surface area contributed by atoms with Crippen molar-refractivity contribution in [3.63, 3.8) is 0 Å². The van der Waals surface area contributed by atoms with Crippen molar-refractivity contribution < 1.29 is 9.53 Å². The van der Waals surface area contributed by atoms with Crippen LogP contribution in [0.2, 0.25) is 0 Å². The summed E-state index contributed by atoms with van der Waals surface area (Å²) in [5.74, 6) is 1.02. The molecule has 0 spiro atoms. The van der Waals surface area contributed by atoms with Crippen molar-refractivity contribution in [1.82, 2.24) is 20.0 Å². The molecule has 162 valence electrons. The Balaban J connectivity index is 1.48. The number of piperidine rings is 1. The van der Waals surface area contributed by atoms with Gasteiger partial charge in [0.05, 0.1) is 7.11 Å². The van der Waals surface area contributed by atoms with E-state index in [4.69, 9.17) is 9.84 Å². The van der Waals surface area contributed by atoms with E-state index in [-0.39, 0.29) is 5.91 Å². The van der Waals surface area contributed by atoms with Gasteiger partial charge < -0.3 is 15.0 Å². The van der Waals surface area contributed by atoms with E-state index in [2.05, 4.69) is 29.1 Å². The molecule has 4 rings (SSSR count). The number of methoxy groups -OCH3 is 1. The van der Waals surface area contributed by atoms with Gasteiger partial charge in [-0.3, -0.25) is 9.48 Å². The monoisotopic (exact) mass is 410 g/mol. The first-order chi connectivity index (χ1) is 14.7. The van der Waals surface area contributed by atoms with E-state index in [0.29, 0.717) is 11.7 Å². The van der Waals surface area contributed by atoms with E-state index < -0.39 is 0 Å². The molecule has 1 saturated heterocycles. The maximum Gasteiger partial charge on any atom is 0.274 e. The lowest BCUT2D eigenvalue weighted by atomic mass is 9.90. The lowest BCUT2D eigenvalue weighted by molar-refractivity contribution is 0.0716. The van der Waals surface area contributed by atoms with Crippen molar-refractivity contribution in [2.75, 3.05) is 20.2 Å². The SMILES string of the molecule is CCCn1nc(C(=O)N2CCCCC2)c2c1CCC(NCc1ccc(OC)cc1)C2. The third kappa shape index (κ3) is 4.53. The van der Waals surface area contributed by atoms with Gasteiger partial charge in [-0.15, -0.1) is 0 Å². The fraction of sp³-hybridized carbons (Fsp3) is 0.583. The maximum atomic E-state index is 13.3. The Morgan fingerprint density at radius 3 is 2.67 bits per heavy atom. The fourth-order valence-corrected chi connectivity index (χ4v) is 4.68. The Kier molecular flexibility index (Phi) is 6.72. The summed E-state index contributed by atoms with van der Waals surface area (Å²) in [7, 11) is 1.69. The molecule has 30 heavy (non-hydrogen) atoms. The number of fused-ring (bicyclic) bond motifs is 1. The molecule has 2 aromatic rings. The molecule has 1 unspecified atom stereocenters. The number of nitrogens with one attached hydrogen (secondary N) is 1. The molecule has 1 aromatic heterocycles. The number of rotatable bonds is 7. The molecule has 0 bridgehead atoms. The minimum Gasteiger partial charge on any atom is -0.497 e. The van der Waals surface area contributed by atoms with Crippen LogP contribution in [0, 0.1) is 0 Å². The lowest BCUT2D eigenvalue weighted by Gasteiger charge is -2.28. The number of aromatic nitrogens is 2. The van der Waals surface area contributed by atoms with Crippen LogP contribution in [-0.2, 0) is 25.9 Å². The summed E-state index contributed by atoms with van der Waals surface area (Å²) in [6, 6.07) is 8.57. The summed E-state index contributed by atoms with van der Waals surface area (Å²) in [6.45, 7) is 5.62.